The van der Waals surface area contributed by atoms with Crippen molar-refractivity contribution < 1.29 is 0 Å². The highest BCUT2D eigenvalue weighted by Gasteiger charge is 2.47. The summed E-state index contributed by atoms with van der Waals surface area (Å²) in [6.07, 6.45) is 4.24. The molecule has 2 fully saturated rings. The van der Waals surface area contributed by atoms with E-state index in [4.69, 9.17) is 5.73 Å². The lowest BCUT2D eigenvalue weighted by Crippen LogP contribution is -2.20. The van der Waals surface area contributed by atoms with Crippen LogP contribution < -0.4 is 5.73 Å². The average molecular weight is 187 g/mol. The predicted octanol–water partition coefficient (Wildman–Crippen LogP) is 2.73. The van der Waals surface area contributed by atoms with Gasteiger partial charge in [-0.3, -0.25) is 0 Å². The summed E-state index contributed by atoms with van der Waals surface area (Å²) in [5, 5.41) is 0. The van der Waals surface area contributed by atoms with Crippen molar-refractivity contribution in [1.82, 2.24) is 0 Å². The second kappa shape index (κ2) is 3.09. The van der Waals surface area contributed by atoms with Crippen molar-refractivity contribution >= 4 is 0 Å². The molecule has 2 N–H and O–H groups in total. The van der Waals surface area contributed by atoms with Gasteiger partial charge in [0.1, 0.15) is 0 Å². The Kier molecular flexibility index (Phi) is 1.88. The molecule has 2 aliphatic carbocycles. The Morgan fingerprint density at radius 2 is 1.64 bits per heavy atom. The Hall–Kier alpha value is -0.820. The number of benzene rings is 1. The van der Waals surface area contributed by atoms with Crippen molar-refractivity contribution in [2.24, 2.45) is 23.5 Å². The first kappa shape index (κ1) is 8.49. The Bertz CT molecular complexity index is 309. The topological polar surface area (TPSA) is 26.0 Å². The first-order valence-electron chi connectivity index (χ1n) is 5.65. The van der Waals surface area contributed by atoms with E-state index >= 15 is 0 Å². The molecule has 1 aromatic carbocycles. The largest absolute Gasteiger partial charge is 0.324 e. The van der Waals surface area contributed by atoms with Crippen molar-refractivity contribution in [1.29, 1.82) is 0 Å². The maximum absolute atomic E-state index is 6.28. The van der Waals surface area contributed by atoms with E-state index in [1.807, 2.05) is 0 Å². The highest BCUT2D eigenvalue weighted by atomic mass is 14.7. The highest BCUT2D eigenvalue weighted by Crippen LogP contribution is 2.56. The van der Waals surface area contributed by atoms with Crippen LogP contribution in [0.25, 0.3) is 0 Å². The van der Waals surface area contributed by atoms with Crippen molar-refractivity contribution in [2.45, 2.75) is 25.3 Å². The molecule has 0 heterocycles. The van der Waals surface area contributed by atoms with Gasteiger partial charge in [0.05, 0.1) is 0 Å². The van der Waals surface area contributed by atoms with Gasteiger partial charge in [0.25, 0.3) is 0 Å². The van der Waals surface area contributed by atoms with Crippen LogP contribution in [0.3, 0.4) is 0 Å². The molecule has 3 atom stereocenters. The van der Waals surface area contributed by atoms with E-state index in [0.717, 1.165) is 17.8 Å². The molecule has 1 aromatic rings. The maximum atomic E-state index is 6.28. The van der Waals surface area contributed by atoms with Crippen LogP contribution in [0.15, 0.2) is 30.3 Å². The second-order valence-electron chi connectivity index (χ2n) is 4.92. The van der Waals surface area contributed by atoms with Crippen molar-refractivity contribution in [3.8, 4) is 0 Å². The zero-order valence-electron chi connectivity index (χ0n) is 8.39. The Morgan fingerprint density at radius 1 is 1.00 bits per heavy atom. The van der Waals surface area contributed by atoms with Crippen molar-refractivity contribution in [2.75, 3.05) is 0 Å². The fourth-order valence-corrected chi connectivity index (χ4v) is 3.00. The minimum Gasteiger partial charge on any atom is -0.324 e. The van der Waals surface area contributed by atoms with Crippen LogP contribution in [0.2, 0.25) is 0 Å². The molecular formula is C13H17N. The zero-order valence-corrected chi connectivity index (χ0v) is 8.39. The van der Waals surface area contributed by atoms with E-state index in [1.54, 1.807) is 0 Å². The van der Waals surface area contributed by atoms with Gasteiger partial charge in [0.15, 0.2) is 0 Å². The third-order valence-electron chi connectivity index (χ3n) is 3.97. The molecule has 0 spiro atoms. The molecular weight excluding hydrogens is 170 g/mol. The number of hydrogen-bond donors (Lipinski definition) is 1. The molecule has 1 nitrogen and oxygen atoms in total. The average Bonchev–Trinajstić information content (AvgIpc) is 2.86. The van der Waals surface area contributed by atoms with Gasteiger partial charge < -0.3 is 5.73 Å². The van der Waals surface area contributed by atoms with E-state index < -0.39 is 0 Å². The van der Waals surface area contributed by atoms with E-state index in [9.17, 15) is 0 Å². The van der Waals surface area contributed by atoms with Gasteiger partial charge >= 0.3 is 0 Å². The van der Waals surface area contributed by atoms with Crippen LogP contribution in [0.5, 0.6) is 0 Å². The number of rotatable bonds is 2. The van der Waals surface area contributed by atoms with Crippen molar-refractivity contribution in [3.63, 3.8) is 0 Å². The minimum absolute atomic E-state index is 0.281. The normalized spacial score (nSPS) is 36.5. The molecule has 3 unspecified atom stereocenters. The van der Waals surface area contributed by atoms with Crippen LogP contribution in [-0.4, -0.2) is 0 Å². The van der Waals surface area contributed by atoms with Crippen LogP contribution in [0.1, 0.15) is 30.9 Å². The number of nitrogens with two attached hydrogens (primary N) is 1. The predicted molar refractivity (Wildman–Crippen MR) is 57.7 cm³/mol. The van der Waals surface area contributed by atoms with Gasteiger partial charge in [-0.1, -0.05) is 30.3 Å². The molecule has 2 aliphatic rings. The highest BCUT2D eigenvalue weighted by molar-refractivity contribution is 5.20. The summed E-state index contributed by atoms with van der Waals surface area (Å²) in [5.74, 6) is 2.82. The smallest absolute Gasteiger partial charge is 0.0323 e. The van der Waals surface area contributed by atoms with E-state index in [-0.39, 0.29) is 6.04 Å². The summed E-state index contributed by atoms with van der Waals surface area (Å²) in [4.78, 5) is 0. The fourth-order valence-electron chi connectivity index (χ4n) is 3.00. The first-order chi connectivity index (χ1) is 6.84. The number of hydrogen-bond acceptors (Lipinski definition) is 1. The monoisotopic (exact) mass is 187 g/mol. The SMILES string of the molecule is NC(c1ccccc1)C1CC2CC2C1. The molecule has 74 valence electrons. The third kappa shape index (κ3) is 1.36. The first-order valence-corrected chi connectivity index (χ1v) is 5.65. The lowest BCUT2D eigenvalue weighted by molar-refractivity contribution is 0.404. The zero-order chi connectivity index (χ0) is 9.54. The molecule has 14 heavy (non-hydrogen) atoms. The van der Waals surface area contributed by atoms with Gasteiger partial charge in [-0.15, -0.1) is 0 Å². The quantitative estimate of drug-likeness (QED) is 0.757. The number of fused-ring (bicyclic) bond motifs is 1. The molecule has 3 rings (SSSR count). The lowest BCUT2D eigenvalue weighted by atomic mass is 9.90. The van der Waals surface area contributed by atoms with Gasteiger partial charge in [-0.05, 0) is 42.6 Å². The summed E-state index contributed by atoms with van der Waals surface area (Å²) in [6, 6.07) is 10.8. The minimum atomic E-state index is 0.281. The van der Waals surface area contributed by atoms with Gasteiger partial charge in [0.2, 0.25) is 0 Å². The Labute approximate surface area is 85.3 Å². The third-order valence-corrected chi connectivity index (χ3v) is 3.97. The molecule has 1 heteroatoms. The van der Waals surface area contributed by atoms with Crippen molar-refractivity contribution in [3.05, 3.63) is 35.9 Å². The van der Waals surface area contributed by atoms with Crippen LogP contribution in [0, 0.1) is 17.8 Å². The molecule has 0 bridgehead atoms. The van der Waals surface area contributed by atoms with E-state index in [0.29, 0.717) is 0 Å². The van der Waals surface area contributed by atoms with E-state index in [1.165, 1.54) is 24.8 Å². The molecule has 0 amide bonds. The fraction of sp³-hybridized carbons (Fsp3) is 0.538. The summed E-state index contributed by atoms with van der Waals surface area (Å²) < 4.78 is 0. The van der Waals surface area contributed by atoms with Gasteiger partial charge in [0, 0.05) is 6.04 Å². The molecule has 0 saturated heterocycles. The van der Waals surface area contributed by atoms with Crippen LogP contribution in [0.4, 0.5) is 0 Å². The Balaban J connectivity index is 1.73. The molecule has 0 aliphatic heterocycles. The standard InChI is InChI=1S/C13H17N/c14-13(9-4-2-1-3-5-9)12-7-10-6-11(10)8-12/h1-5,10-13H,6-8,14H2. The Morgan fingerprint density at radius 3 is 2.29 bits per heavy atom. The van der Waals surface area contributed by atoms with Crippen LogP contribution >= 0.6 is 0 Å². The molecule has 0 aromatic heterocycles. The van der Waals surface area contributed by atoms with Gasteiger partial charge in [-0.2, -0.15) is 0 Å². The molecule has 2 saturated carbocycles. The molecule has 0 radical (unpaired) electrons. The van der Waals surface area contributed by atoms with Gasteiger partial charge in [-0.25, -0.2) is 0 Å². The summed E-state index contributed by atoms with van der Waals surface area (Å²) in [5.41, 5.74) is 7.60. The van der Waals surface area contributed by atoms with E-state index in [2.05, 4.69) is 30.3 Å². The summed E-state index contributed by atoms with van der Waals surface area (Å²) >= 11 is 0. The maximum Gasteiger partial charge on any atom is 0.0323 e. The second-order valence-corrected chi connectivity index (χ2v) is 4.92. The summed E-state index contributed by atoms with van der Waals surface area (Å²) in [6.45, 7) is 0. The summed E-state index contributed by atoms with van der Waals surface area (Å²) in [7, 11) is 0. The van der Waals surface area contributed by atoms with Crippen LogP contribution in [-0.2, 0) is 0 Å². The lowest BCUT2D eigenvalue weighted by Gasteiger charge is -2.20.